The predicted octanol–water partition coefficient (Wildman–Crippen LogP) is 2.29. The van der Waals surface area contributed by atoms with Crippen LogP contribution in [0.15, 0.2) is 36.7 Å². The number of hydrogen-bond acceptors (Lipinski definition) is 3. The average Bonchev–Trinajstić information content (AvgIpc) is 2.95. The lowest BCUT2D eigenvalue weighted by Gasteiger charge is -2.26. The SMILES string of the molecule is CCC(C)(CO)NC(=O)Nc1cnn(-c2ccccc2F)c1. The van der Waals surface area contributed by atoms with Crippen LogP contribution in [0.4, 0.5) is 14.9 Å². The minimum absolute atomic E-state index is 0.161. The second kappa shape index (κ2) is 6.57. The maximum Gasteiger partial charge on any atom is 0.319 e. The van der Waals surface area contributed by atoms with Gasteiger partial charge in [-0.15, -0.1) is 0 Å². The van der Waals surface area contributed by atoms with Crippen molar-refractivity contribution in [2.45, 2.75) is 25.8 Å². The number of benzene rings is 1. The summed E-state index contributed by atoms with van der Waals surface area (Å²) in [6.45, 7) is 3.45. The minimum Gasteiger partial charge on any atom is -0.394 e. The summed E-state index contributed by atoms with van der Waals surface area (Å²) in [5.41, 5.74) is 0.0351. The number of aromatic nitrogens is 2. The molecular formula is C15H19FN4O2. The number of halogens is 1. The molecule has 1 aromatic carbocycles. The summed E-state index contributed by atoms with van der Waals surface area (Å²) >= 11 is 0. The van der Waals surface area contributed by atoms with E-state index < -0.39 is 17.4 Å². The molecule has 118 valence electrons. The third-order valence-corrected chi connectivity index (χ3v) is 3.48. The zero-order valence-electron chi connectivity index (χ0n) is 12.5. The molecule has 0 saturated carbocycles. The van der Waals surface area contributed by atoms with Crippen LogP contribution in [-0.2, 0) is 0 Å². The van der Waals surface area contributed by atoms with Crippen LogP contribution in [0.2, 0.25) is 0 Å². The lowest BCUT2D eigenvalue weighted by atomic mass is 10.0. The monoisotopic (exact) mass is 306 g/mol. The van der Waals surface area contributed by atoms with Crippen molar-refractivity contribution < 1.29 is 14.3 Å². The first-order valence-corrected chi connectivity index (χ1v) is 6.97. The van der Waals surface area contributed by atoms with E-state index >= 15 is 0 Å². The van der Waals surface area contributed by atoms with Gasteiger partial charge in [0.25, 0.3) is 0 Å². The second-order valence-corrected chi connectivity index (χ2v) is 5.28. The van der Waals surface area contributed by atoms with Gasteiger partial charge in [0.05, 0.1) is 30.2 Å². The molecule has 2 rings (SSSR count). The molecule has 3 N–H and O–H groups in total. The fraction of sp³-hybridized carbons (Fsp3) is 0.333. The molecular weight excluding hydrogens is 287 g/mol. The normalized spacial score (nSPS) is 13.5. The van der Waals surface area contributed by atoms with Crippen LogP contribution in [0.5, 0.6) is 0 Å². The molecule has 22 heavy (non-hydrogen) atoms. The van der Waals surface area contributed by atoms with Crippen molar-refractivity contribution in [1.82, 2.24) is 15.1 Å². The number of amides is 2. The fourth-order valence-corrected chi connectivity index (χ4v) is 1.83. The summed E-state index contributed by atoms with van der Waals surface area (Å²) in [5.74, 6) is -0.402. The summed E-state index contributed by atoms with van der Waals surface area (Å²) in [6, 6.07) is 5.77. The lowest BCUT2D eigenvalue weighted by Crippen LogP contribution is -2.50. The number of nitrogens with zero attached hydrogens (tertiary/aromatic N) is 2. The number of anilines is 1. The molecule has 0 aliphatic carbocycles. The summed E-state index contributed by atoms with van der Waals surface area (Å²) in [4.78, 5) is 11.9. The Hall–Kier alpha value is -2.41. The molecule has 1 heterocycles. The first kappa shape index (κ1) is 16.0. The maximum absolute atomic E-state index is 13.7. The van der Waals surface area contributed by atoms with Crippen LogP contribution in [-0.4, -0.2) is 33.1 Å². The van der Waals surface area contributed by atoms with Crippen molar-refractivity contribution in [3.05, 3.63) is 42.5 Å². The Labute approximate surface area is 128 Å². The van der Waals surface area contributed by atoms with Crippen molar-refractivity contribution in [2.24, 2.45) is 0 Å². The number of carbonyl (C=O) groups excluding carboxylic acids is 1. The van der Waals surface area contributed by atoms with E-state index in [0.29, 0.717) is 17.8 Å². The lowest BCUT2D eigenvalue weighted by molar-refractivity contribution is 0.172. The Morgan fingerprint density at radius 3 is 2.82 bits per heavy atom. The molecule has 2 amide bonds. The quantitative estimate of drug-likeness (QED) is 0.793. The molecule has 1 atom stereocenters. The number of aliphatic hydroxyl groups is 1. The van der Waals surface area contributed by atoms with E-state index in [4.69, 9.17) is 0 Å². The van der Waals surface area contributed by atoms with E-state index in [2.05, 4.69) is 15.7 Å². The number of nitrogens with one attached hydrogen (secondary N) is 2. The summed E-state index contributed by atoms with van der Waals surface area (Å²) in [7, 11) is 0. The highest BCUT2D eigenvalue weighted by Crippen LogP contribution is 2.15. The van der Waals surface area contributed by atoms with Gasteiger partial charge >= 0.3 is 6.03 Å². The summed E-state index contributed by atoms with van der Waals surface area (Å²) < 4.78 is 15.0. The zero-order valence-corrected chi connectivity index (χ0v) is 12.5. The van der Waals surface area contributed by atoms with E-state index in [1.807, 2.05) is 6.92 Å². The Kier molecular flexibility index (Phi) is 4.77. The third kappa shape index (κ3) is 3.62. The summed E-state index contributed by atoms with van der Waals surface area (Å²) in [6.07, 6.45) is 3.53. The average molecular weight is 306 g/mol. The molecule has 0 saturated heterocycles. The van der Waals surface area contributed by atoms with Crippen molar-refractivity contribution in [1.29, 1.82) is 0 Å². The highest BCUT2D eigenvalue weighted by Gasteiger charge is 2.23. The molecule has 2 aromatic rings. The van der Waals surface area contributed by atoms with E-state index in [1.54, 1.807) is 25.1 Å². The van der Waals surface area contributed by atoms with Gasteiger partial charge in [-0.05, 0) is 25.5 Å². The molecule has 0 aliphatic heterocycles. The van der Waals surface area contributed by atoms with Gasteiger partial charge < -0.3 is 15.7 Å². The van der Waals surface area contributed by atoms with E-state index in [-0.39, 0.29) is 6.61 Å². The molecule has 0 aliphatic rings. The first-order valence-electron chi connectivity index (χ1n) is 6.97. The van der Waals surface area contributed by atoms with Crippen molar-refractivity contribution in [2.75, 3.05) is 11.9 Å². The Balaban J connectivity index is 2.07. The zero-order chi connectivity index (χ0) is 16.2. The molecule has 7 heteroatoms. The molecule has 0 bridgehead atoms. The van der Waals surface area contributed by atoms with Gasteiger partial charge in [0, 0.05) is 0 Å². The maximum atomic E-state index is 13.7. The van der Waals surface area contributed by atoms with Crippen LogP contribution < -0.4 is 10.6 Å². The van der Waals surface area contributed by atoms with Crippen molar-refractivity contribution >= 4 is 11.7 Å². The Morgan fingerprint density at radius 1 is 1.45 bits per heavy atom. The predicted molar refractivity (Wildman–Crippen MR) is 81.5 cm³/mol. The Morgan fingerprint density at radius 2 is 2.18 bits per heavy atom. The van der Waals surface area contributed by atoms with Crippen LogP contribution in [0.25, 0.3) is 5.69 Å². The van der Waals surface area contributed by atoms with Gasteiger partial charge in [-0.25, -0.2) is 13.9 Å². The topological polar surface area (TPSA) is 79.2 Å². The van der Waals surface area contributed by atoms with Crippen LogP contribution in [0.1, 0.15) is 20.3 Å². The Bertz CT molecular complexity index is 652. The molecule has 0 radical (unpaired) electrons. The number of aliphatic hydroxyl groups excluding tert-OH is 1. The van der Waals surface area contributed by atoms with E-state index in [0.717, 1.165) is 0 Å². The van der Waals surface area contributed by atoms with E-state index in [1.165, 1.54) is 23.1 Å². The van der Waals surface area contributed by atoms with Crippen molar-refractivity contribution in [3.63, 3.8) is 0 Å². The van der Waals surface area contributed by atoms with Crippen LogP contribution in [0.3, 0.4) is 0 Å². The van der Waals surface area contributed by atoms with E-state index in [9.17, 15) is 14.3 Å². The molecule has 6 nitrogen and oxygen atoms in total. The highest BCUT2D eigenvalue weighted by molar-refractivity contribution is 5.89. The molecule has 1 aromatic heterocycles. The number of urea groups is 1. The standard InChI is InChI=1S/C15H19FN4O2/c1-3-15(2,10-21)19-14(22)18-11-8-17-20(9-11)13-7-5-4-6-12(13)16/h4-9,21H,3,10H2,1-2H3,(H2,18,19,22). The van der Waals surface area contributed by atoms with Gasteiger partial charge in [-0.3, -0.25) is 0 Å². The smallest absolute Gasteiger partial charge is 0.319 e. The van der Waals surface area contributed by atoms with Gasteiger partial charge in [0.1, 0.15) is 11.5 Å². The molecule has 0 fully saturated rings. The van der Waals surface area contributed by atoms with Gasteiger partial charge in [-0.1, -0.05) is 19.1 Å². The highest BCUT2D eigenvalue weighted by atomic mass is 19.1. The molecule has 0 spiro atoms. The van der Waals surface area contributed by atoms with Crippen LogP contribution in [0, 0.1) is 5.82 Å². The number of para-hydroxylation sites is 1. The summed E-state index contributed by atoms with van der Waals surface area (Å²) in [5, 5.41) is 18.6. The number of carbonyl (C=O) groups is 1. The third-order valence-electron chi connectivity index (χ3n) is 3.48. The number of rotatable bonds is 5. The second-order valence-electron chi connectivity index (χ2n) is 5.28. The largest absolute Gasteiger partial charge is 0.394 e. The van der Waals surface area contributed by atoms with Gasteiger partial charge in [0.15, 0.2) is 0 Å². The number of hydrogen-bond donors (Lipinski definition) is 3. The van der Waals surface area contributed by atoms with Crippen molar-refractivity contribution in [3.8, 4) is 5.69 Å². The first-order chi connectivity index (χ1) is 10.5. The fourth-order valence-electron chi connectivity index (χ4n) is 1.83. The van der Waals surface area contributed by atoms with Gasteiger partial charge in [-0.2, -0.15) is 5.10 Å². The van der Waals surface area contributed by atoms with Crippen LogP contribution >= 0.6 is 0 Å². The minimum atomic E-state index is -0.689. The molecule has 1 unspecified atom stereocenters. The van der Waals surface area contributed by atoms with Gasteiger partial charge in [0.2, 0.25) is 0 Å².